The highest BCUT2D eigenvalue weighted by atomic mass is 16.6. The van der Waals surface area contributed by atoms with E-state index in [1.54, 1.807) is 0 Å². The van der Waals surface area contributed by atoms with Gasteiger partial charge in [0.2, 0.25) is 5.72 Å². The van der Waals surface area contributed by atoms with E-state index in [0.717, 1.165) is 0 Å². The minimum absolute atomic E-state index is 0.105. The average Bonchev–Trinajstić information content (AvgIpc) is 2.71. The van der Waals surface area contributed by atoms with E-state index in [1.807, 2.05) is 6.92 Å². The Kier molecular flexibility index (Phi) is 3.89. The predicted octanol–water partition coefficient (Wildman–Crippen LogP) is -0.869. The zero-order valence-corrected chi connectivity index (χ0v) is 11.1. The van der Waals surface area contributed by atoms with E-state index in [4.69, 9.17) is 10.5 Å². The first-order valence-corrected chi connectivity index (χ1v) is 6.28. The van der Waals surface area contributed by atoms with Crippen molar-refractivity contribution in [3.05, 3.63) is 22.7 Å². The van der Waals surface area contributed by atoms with E-state index in [2.05, 4.69) is 16.7 Å². The van der Waals surface area contributed by atoms with Crippen LogP contribution in [0.15, 0.2) is 22.1 Å². The summed E-state index contributed by atoms with van der Waals surface area (Å²) in [5, 5.41) is 19.7. The van der Waals surface area contributed by atoms with E-state index in [0.29, 0.717) is 6.42 Å². The number of hydrogen-bond acceptors (Lipinski definition) is 7. The van der Waals surface area contributed by atoms with Gasteiger partial charge < -0.3 is 20.7 Å². The molecule has 8 heteroatoms. The summed E-state index contributed by atoms with van der Waals surface area (Å²) in [4.78, 5) is 19.2. The Morgan fingerprint density at radius 3 is 2.90 bits per heavy atom. The van der Waals surface area contributed by atoms with Crippen LogP contribution in [0.25, 0.3) is 0 Å². The largest absolute Gasteiger partial charge is 0.391 e. The van der Waals surface area contributed by atoms with Gasteiger partial charge in [-0.05, 0) is 19.2 Å². The quantitative estimate of drug-likeness (QED) is 0.617. The molecule has 4 N–H and O–H groups in total. The molecule has 110 valence electrons. The smallest absolute Gasteiger partial charge is 0.351 e. The molecular formula is C12H18N4O4. The van der Waals surface area contributed by atoms with Gasteiger partial charge in [-0.3, -0.25) is 9.56 Å². The zero-order chi connectivity index (χ0) is 14.9. The SMILES string of the molecule is C=N[C@]1(CO)O[C@@H](n2ccc(N)nc2=O)[C@@H](CC)[C@@H]1O. The number of nitrogen functional groups attached to an aromatic ring is 1. The van der Waals surface area contributed by atoms with Gasteiger partial charge in [0.1, 0.15) is 18.1 Å². The van der Waals surface area contributed by atoms with Crippen LogP contribution in [0.5, 0.6) is 0 Å². The Bertz CT molecular complexity index is 561. The molecular weight excluding hydrogens is 264 g/mol. The highest BCUT2D eigenvalue weighted by Crippen LogP contribution is 2.42. The molecule has 8 nitrogen and oxygen atoms in total. The Hall–Kier alpha value is -1.77. The van der Waals surface area contributed by atoms with Crippen molar-refractivity contribution in [3.8, 4) is 0 Å². The number of nitrogens with two attached hydrogens (primary N) is 1. The first-order chi connectivity index (χ1) is 9.49. The monoisotopic (exact) mass is 282 g/mol. The van der Waals surface area contributed by atoms with Crippen LogP contribution in [-0.2, 0) is 4.74 Å². The molecule has 1 aromatic heterocycles. The molecule has 0 bridgehead atoms. The fraction of sp³-hybridized carbons (Fsp3) is 0.583. The standard InChI is InChI=1S/C12H18N4O4/c1-3-7-9(18)12(6-17,14-2)20-10(7)16-5-4-8(13)15-11(16)19/h4-5,7,9-10,17-18H,2-3,6H2,1H3,(H2,13,15,19)/t7-,9-,10+,12+/m0/s1. The summed E-state index contributed by atoms with van der Waals surface area (Å²) in [6.45, 7) is 4.67. The van der Waals surface area contributed by atoms with Crippen LogP contribution in [0, 0.1) is 5.92 Å². The van der Waals surface area contributed by atoms with Crippen molar-refractivity contribution < 1.29 is 14.9 Å². The number of aromatic nitrogens is 2. The Morgan fingerprint density at radius 1 is 1.70 bits per heavy atom. The van der Waals surface area contributed by atoms with Crippen molar-refractivity contribution in [2.75, 3.05) is 12.3 Å². The van der Waals surface area contributed by atoms with Crippen LogP contribution in [0.1, 0.15) is 19.6 Å². The summed E-state index contributed by atoms with van der Waals surface area (Å²) < 4.78 is 6.86. The van der Waals surface area contributed by atoms with E-state index in [9.17, 15) is 15.0 Å². The van der Waals surface area contributed by atoms with Crippen LogP contribution in [-0.4, -0.2) is 44.9 Å². The fourth-order valence-corrected chi connectivity index (χ4v) is 2.48. The fourth-order valence-electron chi connectivity index (χ4n) is 2.48. The predicted molar refractivity (Wildman–Crippen MR) is 72.2 cm³/mol. The van der Waals surface area contributed by atoms with Crippen LogP contribution >= 0.6 is 0 Å². The number of nitrogens with zero attached hydrogens (tertiary/aromatic N) is 3. The Morgan fingerprint density at radius 2 is 2.40 bits per heavy atom. The van der Waals surface area contributed by atoms with E-state index < -0.39 is 36.3 Å². The van der Waals surface area contributed by atoms with Gasteiger partial charge in [0.05, 0.1) is 6.61 Å². The number of aliphatic imine (C=N–C) groups is 1. The molecule has 0 amide bonds. The molecule has 0 aromatic carbocycles. The summed E-state index contributed by atoms with van der Waals surface area (Å²) in [5.41, 5.74) is 3.34. The number of aliphatic hydroxyl groups is 2. The van der Waals surface area contributed by atoms with Gasteiger partial charge in [-0.1, -0.05) is 6.92 Å². The normalized spacial score (nSPS) is 33.2. The second kappa shape index (κ2) is 5.31. The van der Waals surface area contributed by atoms with Gasteiger partial charge in [0, 0.05) is 12.1 Å². The molecule has 1 aliphatic rings. The number of anilines is 1. The van der Waals surface area contributed by atoms with Crippen molar-refractivity contribution >= 4 is 12.5 Å². The van der Waals surface area contributed by atoms with Crippen molar-refractivity contribution in [2.24, 2.45) is 10.9 Å². The number of rotatable bonds is 4. The molecule has 20 heavy (non-hydrogen) atoms. The molecule has 1 fully saturated rings. The van der Waals surface area contributed by atoms with Crippen molar-refractivity contribution in [1.82, 2.24) is 9.55 Å². The molecule has 0 radical (unpaired) electrons. The minimum Gasteiger partial charge on any atom is -0.391 e. The van der Waals surface area contributed by atoms with E-state index >= 15 is 0 Å². The van der Waals surface area contributed by atoms with Crippen LogP contribution in [0.3, 0.4) is 0 Å². The highest BCUT2D eigenvalue weighted by molar-refractivity contribution is 5.27. The lowest BCUT2D eigenvalue weighted by Gasteiger charge is -2.25. The molecule has 1 aliphatic heterocycles. The lowest BCUT2D eigenvalue weighted by Crippen LogP contribution is -2.42. The van der Waals surface area contributed by atoms with Crippen LogP contribution in [0.4, 0.5) is 5.82 Å². The molecule has 2 heterocycles. The van der Waals surface area contributed by atoms with Crippen LogP contribution in [0.2, 0.25) is 0 Å². The Labute approximate surface area is 115 Å². The summed E-state index contributed by atoms with van der Waals surface area (Å²) in [7, 11) is 0. The van der Waals surface area contributed by atoms with E-state index in [1.165, 1.54) is 16.8 Å². The molecule has 0 unspecified atom stereocenters. The first kappa shape index (κ1) is 14.6. The van der Waals surface area contributed by atoms with Crippen molar-refractivity contribution in [2.45, 2.75) is 31.4 Å². The number of aliphatic hydroxyl groups excluding tert-OH is 2. The maximum Gasteiger partial charge on any atom is 0.351 e. The highest BCUT2D eigenvalue weighted by Gasteiger charge is 2.54. The molecule has 4 atom stereocenters. The summed E-state index contributed by atoms with van der Waals surface area (Å²) in [6.07, 6.45) is 0.124. The van der Waals surface area contributed by atoms with Gasteiger partial charge >= 0.3 is 5.69 Å². The third-order valence-electron chi connectivity index (χ3n) is 3.65. The molecule has 1 aromatic rings. The van der Waals surface area contributed by atoms with Crippen molar-refractivity contribution in [3.63, 3.8) is 0 Å². The third kappa shape index (κ3) is 2.11. The summed E-state index contributed by atoms with van der Waals surface area (Å²) >= 11 is 0. The lowest BCUT2D eigenvalue weighted by molar-refractivity contribution is -0.122. The minimum atomic E-state index is -1.52. The number of ether oxygens (including phenoxy) is 1. The molecule has 0 aliphatic carbocycles. The van der Waals surface area contributed by atoms with Gasteiger partial charge in [-0.2, -0.15) is 4.98 Å². The maximum absolute atomic E-state index is 11.9. The van der Waals surface area contributed by atoms with Gasteiger partial charge in [-0.15, -0.1) is 0 Å². The molecule has 0 saturated carbocycles. The van der Waals surface area contributed by atoms with Gasteiger partial charge in [0.25, 0.3) is 0 Å². The second-order valence-electron chi connectivity index (χ2n) is 4.73. The number of hydrogen-bond donors (Lipinski definition) is 3. The molecule has 0 spiro atoms. The summed E-state index contributed by atoms with van der Waals surface area (Å²) in [5.74, 6) is -0.316. The first-order valence-electron chi connectivity index (χ1n) is 6.28. The lowest BCUT2D eigenvalue weighted by atomic mass is 9.94. The average molecular weight is 282 g/mol. The molecule has 1 saturated heterocycles. The third-order valence-corrected chi connectivity index (χ3v) is 3.65. The van der Waals surface area contributed by atoms with Gasteiger partial charge in [0.15, 0.2) is 0 Å². The topological polar surface area (TPSA) is 123 Å². The maximum atomic E-state index is 11.9. The van der Waals surface area contributed by atoms with Crippen molar-refractivity contribution in [1.29, 1.82) is 0 Å². The second-order valence-corrected chi connectivity index (χ2v) is 4.73. The van der Waals surface area contributed by atoms with E-state index in [-0.39, 0.29) is 5.82 Å². The molecule has 2 rings (SSSR count). The Balaban J connectivity index is 2.46. The van der Waals surface area contributed by atoms with Gasteiger partial charge in [-0.25, -0.2) is 4.79 Å². The summed E-state index contributed by atoms with van der Waals surface area (Å²) in [6, 6.07) is 1.46. The zero-order valence-electron chi connectivity index (χ0n) is 11.1. The van der Waals surface area contributed by atoms with Crippen LogP contribution < -0.4 is 11.4 Å².